The van der Waals surface area contributed by atoms with Gasteiger partial charge < -0.3 is 25.7 Å². The second-order valence-corrected chi connectivity index (χ2v) is 5.36. The van der Waals surface area contributed by atoms with Gasteiger partial charge in [0.05, 0.1) is 31.5 Å². The minimum absolute atomic E-state index is 0.192. The summed E-state index contributed by atoms with van der Waals surface area (Å²) in [7, 11) is 0. The first-order valence-electron chi connectivity index (χ1n) is 8.08. The quantitative estimate of drug-likeness (QED) is 0.233. The Kier molecular flexibility index (Phi) is 4.79. The summed E-state index contributed by atoms with van der Waals surface area (Å²) in [6, 6.07) is 0. The van der Waals surface area contributed by atoms with E-state index in [1.165, 1.54) is 31.6 Å². The van der Waals surface area contributed by atoms with Crippen LogP contribution < -0.4 is 11.3 Å². The number of H-pyrrole nitrogens is 4. The average molecular weight is 391 g/mol. The van der Waals surface area contributed by atoms with Crippen molar-refractivity contribution in [2.24, 2.45) is 0 Å². The van der Waals surface area contributed by atoms with Crippen LogP contribution in [0.3, 0.4) is 0 Å². The Labute approximate surface area is 160 Å². The Morgan fingerprint density at radius 1 is 0.655 bits per heavy atom. The SMILES string of the molecule is Nc1ncnc2nc[nH]c12.O=c1[nH]cnc2nc[nH]c12.c1ncc2[nH]cnc2n1. The number of fused-ring (bicyclic) bond motifs is 3. The lowest BCUT2D eigenvalue weighted by Crippen LogP contribution is -2.05. The molecule has 14 nitrogen and oxygen atoms in total. The molecule has 0 amide bonds. The smallest absolute Gasteiger partial charge is 0.276 e. The van der Waals surface area contributed by atoms with Crippen LogP contribution in [0.5, 0.6) is 0 Å². The number of anilines is 1. The molecule has 0 spiro atoms. The van der Waals surface area contributed by atoms with Gasteiger partial charge in [-0.1, -0.05) is 0 Å². The van der Waals surface area contributed by atoms with Gasteiger partial charge >= 0.3 is 0 Å². The van der Waals surface area contributed by atoms with E-state index in [9.17, 15) is 4.79 Å². The van der Waals surface area contributed by atoms with Crippen LogP contribution in [0.15, 0.2) is 49.0 Å². The van der Waals surface area contributed by atoms with Gasteiger partial charge in [-0.2, -0.15) is 0 Å². The second-order valence-electron chi connectivity index (χ2n) is 5.36. The monoisotopic (exact) mass is 391 g/mol. The van der Waals surface area contributed by atoms with E-state index in [0.717, 1.165) is 5.52 Å². The Hall–Kier alpha value is -4.75. The summed E-state index contributed by atoms with van der Waals surface area (Å²) in [6.45, 7) is 0. The molecule has 144 valence electrons. The van der Waals surface area contributed by atoms with E-state index < -0.39 is 0 Å². The van der Waals surface area contributed by atoms with Crippen molar-refractivity contribution in [3.8, 4) is 0 Å². The third kappa shape index (κ3) is 3.85. The normalized spacial score (nSPS) is 10.3. The van der Waals surface area contributed by atoms with Crippen molar-refractivity contribution in [2.75, 3.05) is 5.73 Å². The Bertz CT molecular complexity index is 1380. The summed E-state index contributed by atoms with van der Waals surface area (Å²) >= 11 is 0. The fourth-order valence-electron chi connectivity index (χ4n) is 2.25. The van der Waals surface area contributed by atoms with E-state index in [4.69, 9.17) is 5.73 Å². The molecule has 14 heteroatoms. The lowest BCUT2D eigenvalue weighted by Gasteiger charge is -1.89. The highest BCUT2D eigenvalue weighted by Gasteiger charge is 1.99. The minimum atomic E-state index is -0.192. The zero-order valence-electron chi connectivity index (χ0n) is 14.6. The van der Waals surface area contributed by atoms with Gasteiger partial charge in [-0.05, 0) is 0 Å². The topological polar surface area (TPSA) is 209 Å². The molecule has 29 heavy (non-hydrogen) atoms. The number of imidazole rings is 3. The first-order valence-corrected chi connectivity index (χ1v) is 8.08. The number of aromatic nitrogens is 12. The maximum atomic E-state index is 10.9. The molecule has 0 unspecified atom stereocenters. The lowest BCUT2D eigenvalue weighted by atomic mass is 10.5. The summed E-state index contributed by atoms with van der Waals surface area (Å²) in [4.78, 5) is 52.4. The molecular formula is C15H13N13O. The number of nitrogens with two attached hydrogens (primary N) is 1. The number of nitrogens with one attached hydrogen (secondary N) is 4. The number of hydrogen-bond donors (Lipinski definition) is 5. The highest BCUT2D eigenvalue weighted by Crippen LogP contribution is 2.09. The van der Waals surface area contributed by atoms with Crippen molar-refractivity contribution >= 4 is 39.3 Å². The van der Waals surface area contributed by atoms with Gasteiger partial charge in [-0.15, -0.1) is 0 Å². The van der Waals surface area contributed by atoms with Gasteiger partial charge in [0.25, 0.3) is 5.56 Å². The molecule has 0 bridgehead atoms. The zero-order valence-corrected chi connectivity index (χ0v) is 14.6. The highest BCUT2D eigenvalue weighted by atomic mass is 16.1. The molecule has 6 heterocycles. The predicted molar refractivity (Wildman–Crippen MR) is 102 cm³/mol. The highest BCUT2D eigenvalue weighted by molar-refractivity contribution is 5.80. The molecule has 0 aliphatic carbocycles. The Balaban J connectivity index is 0.000000106. The van der Waals surface area contributed by atoms with Crippen LogP contribution in [-0.2, 0) is 0 Å². The molecule has 0 saturated carbocycles. The summed E-state index contributed by atoms with van der Waals surface area (Å²) in [6.07, 6.45) is 10.4. The first-order chi connectivity index (χ1) is 14.2. The molecule has 6 aromatic rings. The van der Waals surface area contributed by atoms with Crippen LogP contribution in [-0.4, -0.2) is 59.8 Å². The maximum absolute atomic E-state index is 10.9. The Morgan fingerprint density at radius 2 is 1.28 bits per heavy atom. The van der Waals surface area contributed by atoms with Gasteiger partial charge in [0.15, 0.2) is 28.3 Å². The number of aromatic amines is 4. The fraction of sp³-hybridized carbons (Fsp3) is 0. The summed E-state index contributed by atoms with van der Waals surface area (Å²) in [5, 5.41) is 0. The minimum Gasteiger partial charge on any atom is -0.382 e. The van der Waals surface area contributed by atoms with Gasteiger partial charge in [0, 0.05) is 0 Å². The van der Waals surface area contributed by atoms with Crippen molar-refractivity contribution in [3.63, 3.8) is 0 Å². The third-order valence-electron chi connectivity index (χ3n) is 3.58. The van der Waals surface area contributed by atoms with E-state index in [1.54, 1.807) is 12.5 Å². The van der Waals surface area contributed by atoms with Gasteiger partial charge in [-0.25, -0.2) is 39.9 Å². The number of nitrogens with zero attached hydrogens (tertiary/aromatic N) is 8. The number of hydrogen-bond acceptors (Lipinski definition) is 10. The molecule has 6 N–H and O–H groups in total. The standard InChI is InChI=1S/C5H5N5.C5H4N4O.C5H4N4/c6-4-3-5(9-1-7-3)10-2-8-4;10-5-3-4(7-1-6-3)8-2-9-5;1-4-5(8-2-6-1)9-3-7-4/h1-2H,(H3,6,7,8,9,10);1-2H,(H2,6,7,8,9,10);1-3H,(H,6,7,8,9). The van der Waals surface area contributed by atoms with E-state index in [1.807, 2.05) is 0 Å². The van der Waals surface area contributed by atoms with Gasteiger partial charge in [-0.3, -0.25) is 4.79 Å². The largest absolute Gasteiger partial charge is 0.382 e. The van der Waals surface area contributed by atoms with E-state index >= 15 is 0 Å². The fourth-order valence-corrected chi connectivity index (χ4v) is 2.25. The third-order valence-corrected chi connectivity index (χ3v) is 3.58. The van der Waals surface area contributed by atoms with Crippen LogP contribution in [0.4, 0.5) is 5.82 Å². The van der Waals surface area contributed by atoms with Crippen LogP contribution in [0.25, 0.3) is 33.5 Å². The molecule has 0 fully saturated rings. The molecule has 0 atom stereocenters. The van der Waals surface area contributed by atoms with Crippen LogP contribution in [0.2, 0.25) is 0 Å². The Morgan fingerprint density at radius 3 is 2.00 bits per heavy atom. The molecular weight excluding hydrogens is 378 g/mol. The number of rotatable bonds is 0. The first kappa shape index (κ1) is 17.7. The molecule has 0 aliphatic heterocycles. The predicted octanol–water partition coefficient (Wildman–Crippen LogP) is -0.0658. The van der Waals surface area contributed by atoms with E-state index in [0.29, 0.717) is 33.8 Å². The molecule has 0 aromatic carbocycles. The second kappa shape index (κ2) is 7.87. The number of nitrogen functional groups attached to an aromatic ring is 1. The molecule has 6 rings (SSSR count). The van der Waals surface area contributed by atoms with Crippen LogP contribution >= 0.6 is 0 Å². The maximum Gasteiger partial charge on any atom is 0.276 e. The summed E-state index contributed by atoms with van der Waals surface area (Å²) < 4.78 is 0. The zero-order chi connectivity index (χ0) is 20.1. The van der Waals surface area contributed by atoms with Crippen molar-refractivity contribution < 1.29 is 0 Å². The van der Waals surface area contributed by atoms with E-state index in [2.05, 4.69) is 59.8 Å². The van der Waals surface area contributed by atoms with Gasteiger partial charge in [0.1, 0.15) is 23.7 Å². The van der Waals surface area contributed by atoms with Crippen molar-refractivity contribution in [2.45, 2.75) is 0 Å². The summed E-state index contributed by atoms with van der Waals surface area (Å²) in [5.74, 6) is 0.433. The summed E-state index contributed by atoms with van der Waals surface area (Å²) in [5.41, 5.74) is 9.04. The van der Waals surface area contributed by atoms with Crippen LogP contribution in [0, 0.1) is 0 Å². The average Bonchev–Trinajstić information content (AvgIpc) is 3.49. The lowest BCUT2D eigenvalue weighted by molar-refractivity contribution is 1.15. The molecule has 0 aliphatic rings. The van der Waals surface area contributed by atoms with Gasteiger partial charge in [0.2, 0.25) is 0 Å². The van der Waals surface area contributed by atoms with E-state index in [-0.39, 0.29) is 5.56 Å². The van der Waals surface area contributed by atoms with Crippen LogP contribution in [0.1, 0.15) is 0 Å². The van der Waals surface area contributed by atoms with Crippen molar-refractivity contribution in [1.82, 2.24) is 59.8 Å². The molecule has 0 radical (unpaired) electrons. The van der Waals surface area contributed by atoms with Crippen molar-refractivity contribution in [1.29, 1.82) is 0 Å². The van der Waals surface area contributed by atoms with Crippen molar-refractivity contribution in [3.05, 3.63) is 54.5 Å². The molecule has 0 saturated heterocycles. The molecule has 6 aromatic heterocycles.